The third-order valence-corrected chi connectivity index (χ3v) is 6.42. The molecule has 1 atom stereocenters. The minimum Gasteiger partial charge on any atom is -0.444 e. The van der Waals surface area contributed by atoms with Gasteiger partial charge in [0.05, 0.1) is 16.8 Å². The van der Waals surface area contributed by atoms with E-state index >= 15 is 0 Å². The lowest BCUT2D eigenvalue weighted by Crippen LogP contribution is -2.55. The molecule has 2 aliphatic rings. The van der Waals surface area contributed by atoms with Gasteiger partial charge in [-0.3, -0.25) is 4.57 Å². The number of hydrogen-bond acceptors (Lipinski definition) is 6. The van der Waals surface area contributed by atoms with Crippen molar-refractivity contribution in [3.05, 3.63) is 42.4 Å². The standard InChI is InChI=1S/C25H30F2N6O2/c1-16-13-31(24(34)35-25(2,3)4)8-9-32(16)22-21-20(30-6-5-7-30)14-33(23(21)29-15-28-22)19-11-17(26)10-18(27)12-19/h10-12,14-16H,5-9,13H2,1-4H3. The zero-order valence-electron chi connectivity index (χ0n) is 20.5. The zero-order valence-corrected chi connectivity index (χ0v) is 20.5. The SMILES string of the molecule is CC1CN(C(=O)OC(C)(C)C)CCN1c1ncnc2c1c(N1CCC1)cn2-c1cc(F)cc(F)c1. The van der Waals surface area contributed by atoms with Gasteiger partial charge in [0.2, 0.25) is 0 Å². The van der Waals surface area contributed by atoms with Crippen LogP contribution in [0.15, 0.2) is 30.7 Å². The first kappa shape index (κ1) is 23.3. The van der Waals surface area contributed by atoms with Crippen molar-refractivity contribution in [3.8, 4) is 5.69 Å². The summed E-state index contributed by atoms with van der Waals surface area (Å²) in [5.41, 5.74) is 1.34. The monoisotopic (exact) mass is 484 g/mol. The Balaban J connectivity index is 1.53. The largest absolute Gasteiger partial charge is 0.444 e. The van der Waals surface area contributed by atoms with Crippen molar-refractivity contribution in [3.63, 3.8) is 0 Å². The number of hydrogen-bond donors (Lipinski definition) is 0. The molecule has 3 aromatic rings. The molecule has 0 N–H and O–H groups in total. The highest BCUT2D eigenvalue weighted by Crippen LogP contribution is 2.39. The van der Waals surface area contributed by atoms with Crippen LogP contribution >= 0.6 is 0 Å². The van der Waals surface area contributed by atoms with E-state index in [2.05, 4.69) is 19.8 Å². The molecular weight excluding hydrogens is 454 g/mol. The number of benzene rings is 1. The average molecular weight is 485 g/mol. The smallest absolute Gasteiger partial charge is 0.410 e. The second-order valence-electron chi connectivity index (χ2n) is 10.2. The van der Waals surface area contributed by atoms with Crippen molar-refractivity contribution in [1.82, 2.24) is 19.4 Å². The first-order chi connectivity index (χ1) is 16.6. The summed E-state index contributed by atoms with van der Waals surface area (Å²) in [5, 5.41) is 0.842. The third kappa shape index (κ3) is 4.49. The number of piperazine rings is 1. The van der Waals surface area contributed by atoms with E-state index in [1.807, 2.05) is 33.9 Å². The van der Waals surface area contributed by atoms with Gasteiger partial charge in [-0.1, -0.05) is 0 Å². The fourth-order valence-electron chi connectivity index (χ4n) is 4.68. The molecule has 1 aromatic carbocycles. The van der Waals surface area contributed by atoms with E-state index in [9.17, 15) is 13.6 Å². The minimum atomic E-state index is -0.645. The molecular formula is C25H30F2N6O2. The molecule has 5 rings (SSSR count). The van der Waals surface area contributed by atoms with Crippen LogP contribution in [0.5, 0.6) is 0 Å². The van der Waals surface area contributed by atoms with Gasteiger partial charge in [0.15, 0.2) is 5.65 Å². The average Bonchev–Trinajstić information content (AvgIpc) is 3.10. The summed E-state index contributed by atoms with van der Waals surface area (Å²) in [6.07, 6.45) is 4.13. The molecule has 186 valence electrons. The topological polar surface area (TPSA) is 66.7 Å². The van der Waals surface area contributed by atoms with E-state index in [4.69, 9.17) is 4.74 Å². The molecule has 2 saturated heterocycles. The van der Waals surface area contributed by atoms with Crippen molar-refractivity contribution < 1.29 is 18.3 Å². The van der Waals surface area contributed by atoms with Gasteiger partial charge in [0.1, 0.15) is 29.4 Å². The van der Waals surface area contributed by atoms with Crippen LogP contribution in [0.3, 0.4) is 0 Å². The second-order valence-corrected chi connectivity index (χ2v) is 10.2. The number of aromatic nitrogens is 3. The molecule has 2 fully saturated rings. The van der Waals surface area contributed by atoms with Crippen LogP contribution in [-0.2, 0) is 4.74 Å². The van der Waals surface area contributed by atoms with Crippen molar-refractivity contribution in [2.24, 2.45) is 0 Å². The Morgan fingerprint density at radius 3 is 2.37 bits per heavy atom. The van der Waals surface area contributed by atoms with Crippen LogP contribution in [0.25, 0.3) is 16.7 Å². The van der Waals surface area contributed by atoms with Crippen LogP contribution < -0.4 is 9.80 Å². The van der Waals surface area contributed by atoms with Crippen molar-refractivity contribution in [1.29, 1.82) is 0 Å². The predicted octanol–water partition coefficient (Wildman–Crippen LogP) is 4.35. The lowest BCUT2D eigenvalue weighted by atomic mass is 10.1. The molecule has 1 unspecified atom stereocenters. The Kier molecular flexibility index (Phi) is 5.77. The number of amides is 1. The number of ether oxygens (including phenoxy) is 1. The molecule has 0 saturated carbocycles. The third-order valence-electron chi connectivity index (χ3n) is 6.42. The molecule has 0 bridgehead atoms. The van der Waals surface area contributed by atoms with Gasteiger partial charge in [0, 0.05) is 51.0 Å². The maximum Gasteiger partial charge on any atom is 0.410 e. The lowest BCUT2D eigenvalue weighted by Gasteiger charge is -2.41. The molecule has 2 aromatic heterocycles. The highest BCUT2D eigenvalue weighted by molar-refractivity contribution is 6.01. The Morgan fingerprint density at radius 2 is 1.77 bits per heavy atom. The van der Waals surface area contributed by atoms with Gasteiger partial charge in [-0.25, -0.2) is 23.5 Å². The van der Waals surface area contributed by atoms with E-state index in [0.717, 1.165) is 42.5 Å². The fraction of sp³-hybridized carbons (Fsp3) is 0.480. The number of halogens is 2. The maximum atomic E-state index is 14.0. The number of carbonyl (C=O) groups excluding carboxylic acids is 1. The van der Waals surface area contributed by atoms with Crippen LogP contribution in [0.2, 0.25) is 0 Å². The van der Waals surface area contributed by atoms with Gasteiger partial charge >= 0.3 is 6.09 Å². The second kappa shape index (κ2) is 8.66. The molecule has 2 aliphatic heterocycles. The van der Waals surface area contributed by atoms with Gasteiger partial charge in [0.25, 0.3) is 0 Å². The van der Waals surface area contributed by atoms with Gasteiger partial charge in [-0.2, -0.15) is 0 Å². The van der Waals surface area contributed by atoms with E-state index in [1.54, 1.807) is 9.47 Å². The summed E-state index contributed by atoms with van der Waals surface area (Å²) in [7, 11) is 0. The molecule has 8 nitrogen and oxygen atoms in total. The molecule has 10 heteroatoms. The van der Waals surface area contributed by atoms with Crippen molar-refractivity contribution in [2.75, 3.05) is 42.5 Å². The molecule has 35 heavy (non-hydrogen) atoms. The van der Waals surface area contributed by atoms with E-state index in [0.29, 0.717) is 31.0 Å². The Morgan fingerprint density at radius 1 is 1.06 bits per heavy atom. The van der Waals surface area contributed by atoms with Gasteiger partial charge < -0.3 is 19.4 Å². The van der Waals surface area contributed by atoms with Crippen LogP contribution in [0.4, 0.5) is 25.1 Å². The highest BCUT2D eigenvalue weighted by Gasteiger charge is 2.33. The summed E-state index contributed by atoms with van der Waals surface area (Å²) in [6.45, 7) is 11.0. The summed E-state index contributed by atoms with van der Waals surface area (Å²) in [5.74, 6) is -0.536. The molecule has 4 heterocycles. The summed E-state index contributed by atoms with van der Waals surface area (Å²) >= 11 is 0. The first-order valence-electron chi connectivity index (χ1n) is 11.9. The fourth-order valence-corrected chi connectivity index (χ4v) is 4.68. The van der Waals surface area contributed by atoms with Crippen LogP contribution in [0, 0.1) is 11.6 Å². The Labute approximate surface area is 203 Å². The molecule has 0 radical (unpaired) electrons. The van der Waals surface area contributed by atoms with Gasteiger partial charge in [-0.05, 0) is 46.2 Å². The minimum absolute atomic E-state index is 0.0198. The number of carbonyl (C=O) groups is 1. The lowest BCUT2D eigenvalue weighted by molar-refractivity contribution is 0.0218. The van der Waals surface area contributed by atoms with Crippen molar-refractivity contribution >= 4 is 28.6 Å². The number of rotatable bonds is 3. The summed E-state index contributed by atoms with van der Waals surface area (Å²) < 4.78 is 35.3. The zero-order chi connectivity index (χ0) is 24.9. The molecule has 1 amide bonds. The number of fused-ring (bicyclic) bond motifs is 1. The maximum absolute atomic E-state index is 14.0. The Hall–Kier alpha value is -3.43. The quantitative estimate of drug-likeness (QED) is 0.551. The van der Waals surface area contributed by atoms with Crippen LogP contribution in [0.1, 0.15) is 34.1 Å². The molecule has 0 spiro atoms. The highest BCUT2D eigenvalue weighted by atomic mass is 19.1. The normalized spacial score (nSPS) is 18.7. The summed E-state index contributed by atoms with van der Waals surface area (Å²) in [6, 6.07) is 3.44. The van der Waals surface area contributed by atoms with E-state index in [1.165, 1.54) is 18.5 Å². The van der Waals surface area contributed by atoms with E-state index in [-0.39, 0.29) is 12.1 Å². The van der Waals surface area contributed by atoms with E-state index < -0.39 is 17.2 Å². The number of anilines is 2. The van der Waals surface area contributed by atoms with Gasteiger partial charge in [-0.15, -0.1) is 0 Å². The summed E-state index contributed by atoms with van der Waals surface area (Å²) in [4.78, 5) is 27.9. The molecule has 0 aliphatic carbocycles. The Bertz CT molecular complexity index is 1250. The van der Waals surface area contributed by atoms with Crippen molar-refractivity contribution in [2.45, 2.75) is 45.8 Å². The predicted molar refractivity (Wildman–Crippen MR) is 130 cm³/mol. The first-order valence-corrected chi connectivity index (χ1v) is 11.9. The number of nitrogens with zero attached hydrogens (tertiary/aromatic N) is 6. The van der Waals surface area contributed by atoms with Crippen LogP contribution in [-0.4, -0.2) is 69.9 Å².